The molecule has 29 heavy (non-hydrogen) atoms. The first kappa shape index (κ1) is 20.5. The minimum absolute atomic E-state index is 0.293. The van der Waals surface area contributed by atoms with Crippen LogP contribution in [0.2, 0.25) is 0 Å². The van der Waals surface area contributed by atoms with Gasteiger partial charge in [-0.15, -0.1) is 0 Å². The number of piperazine rings is 1. The third-order valence-electron chi connectivity index (χ3n) is 5.13. The van der Waals surface area contributed by atoms with Gasteiger partial charge in [-0.3, -0.25) is 4.90 Å². The van der Waals surface area contributed by atoms with Gasteiger partial charge >= 0.3 is 0 Å². The molecule has 2 aromatic carbocycles. The summed E-state index contributed by atoms with van der Waals surface area (Å²) in [5, 5.41) is 0. The van der Waals surface area contributed by atoms with Gasteiger partial charge in [0.2, 0.25) is 10.0 Å². The lowest BCUT2D eigenvalue weighted by Crippen LogP contribution is -2.48. The molecule has 0 spiro atoms. The molecule has 2 heterocycles. The molecule has 0 radical (unpaired) electrons. The van der Waals surface area contributed by atoms with Crippen molar-refractivity contribution in [3.63, 3.8) is 0 Å². The highest BCUT2D eigenvalue weighted by Gasteiger charge is 2.29. The summed E-state index contributed by atoms with van der Waals surface area (Å²) < 4.78 is 44.7. The maximum absolute atomic E-state index is 12.9. The molecule has 9 heteroatoms. The summed E-state index contributed by atoms with van der Waals surface area (Å²) in [6.07, 6.45) is 0. The molecule has 0 amide bonds. The average molecular weight is 483 g/mol. The van der Waals surface area contributed by atoms with Crippen molar-refractivity contribution in [1.29, 1.82) is 0 Å². The Labute approximate surface area is 179 Å². The van der Waals surface area contributed by atoms with Gasteiger partial charge < -0.3 is 14.2 Å². The summed E-state index contributed by atoms with van der Waals surface area (Å²) in [4.78, 5) is 2.54. The van der Waals surface area contributed by atoms with Gasteiger partial charge in [-0.1, -0.05) is 15.9 Å². The fraction of sp³-hybridized carbons (Fsp3) is 0.400. The number of benzene rings is 2. The molecule has 0 atom stereocenters. The molecule has 7 nitrogen and oxygen atoms in total. The molecule has 0 aliphatic carbocycles. The van der Waals surface area contributed by atoms with Crippen LogP contribution in [0.3, 0.4) is 0 Å². The Bertz CT molecular complexity index is 973. The van der Waals surface area contributed by atoms with Crippen molar-refractivity contribution in [3.8, 4) is 17.2 Å². The predicted octanol–water partition coefficient (Wildman–Crippen LogP) is 2.74. The number of nitrogens with zero attached hydrogens (tertiary/aromatic N) is 2. The molecule has 1 saturated heterocycles. The van der Waals surface area contributed by atoms with E-state index in [1.54, 1.807) is 35.7 Å². The van der Waals surface area contributed by atoms with Gasteiger partial charge in [-0.05, 0) is 42.0 Å². The second-order valence-corrected chi connectivity index (χ2v) is 9.74. The van der Waals surface area contributed by atoms with E-state index in [1.807, 2.05) is 12.1 Å². The highest BCUT2D eigenvalue weighted by Crippen LogP contribution is 2.36. The Balaban J connectivity index is 1.40. The zero-order valence-corrected chi connectivity index (χ0v) is 18.5. The standard InChI is InChI=1S/C20H23BrN2O5S/c1-26-16-2-4-17(5-3-16)29(24,25)23-8-6-22(7-9-23)14-15-12-19-20(13-18(15)21)28-11-10-27-19/h2-5,12-13H,6-11,14H2,1H3. The van der Waals surface area contributed by atoms with E-state index >= 15 is 0 Å². The smallest absolute Gasteiger partial charge is 0.243 e. The van der Waals surface area contributed by atoms with Gasteiger partial charge in [0.1, 0.15) is 19.0 Å². The van der Waals surface area contributed by atoms with Crippen molar-refractivity contribution in [1.82, 2.24) is 9.21 Å². The fourth-order valence-corrected chi connectivity index (χ4v) is 5.36. The summed E-state index contributed by atoms with van der Waals surface area (Å²) in [7, 11) is -1.94. The van der Waals surface area contributed by atoms with Crippen molar-refractivity contribution in [2.45, 2.75) is 11.4 Å². The summed E-state index contributed by atoms with van der Waals surface area (Å²) in [6, 6.07) is 10.5. The first-order valence-corrected chi connectivity index (χ1v) is 11.7. The van der Waals surface area contributed by atoms with Crippen LogP contribution in [0.15, 0.2) is 45.8 Å². The molecule has 2 aromatic rings. The van der Waals surface area contributed by atoms with Crippen molar-refractivity contribution in [2.24, 2.45) is 0 Å². The third-order valence-corrected chi connectivity index (χ3v) is 7.78. The number of halogens is 1. The minimum atomic E-state index is -3.50. The fourth-order valence-electron chi connectivity index (χ4n) is 3.49. The molecule has 4 rings (SSSR count). The number of hydrogen-bond donors (Lipinski definition) is 0. The van der Waals surface area contributed by atoms with Gasteiger partial charge in [0.25, 0.3) is 0 Å². The normalized spacial score (nSPS) is 17.9. The monoisotopic (exact) mass is 482 g/mol. The zero-order chi connectivity index (χ0) is 20.4. The summed E-state index contributed by atoms with van der Waals surface area (Å²) in [5.74, 6) is 2.15. The first-order chi connectivity index (χ1) is 14.0. The number of rotatable bonds is 5. The Hall–Kier alpha value is -1.81. The van der Waals surface area contributed by atoms with E-state index in [1.165, 1.54) is 0 Å². The predicted molar refractivity (Wildman–Crippen MR) is 112 cm³/mol. The molecule has 0 saturated carbocycles. The van der Waals surface area contributed by atoms with Crippen LogP contribution in [-0.2, 0) is 16.6 Å². The number of ether oxygens (including phenoxy) is 3. The van der Waals surface area contributed by atoms with Gasteiger partial charge in [0.15, 0.2) is 11.5 Å². The Morgan fingerprint density at radius 2 is 1.62 bits per heavy atom. The van der Waals surface area contributed by atoms with E-state index in [0.29, 0.717) is 56.6 Å². The maximum atomic E-state index is 12.9. The summed E-state index contributed by atoms with van der Waals surface area (Å²) in [5.41, 5.74) is 1.10. The van der Waals surface area contributed by atoms with Crippen LogP contribution in [-0.4, -0.2) is 64.1 Å². The second-order valence-electron chi connectivity index (χ2n) is 6.94. The topological polar surface area (TPSA) is 68.3 Å². The van der Waals surface area contributed by atoms with Crippen molar-refractivity contribution < 1.29 is 22.6 Å². The van der Waals surface area contributed by atoms with Crippen LogP contribution in [0.25, 0.3) is 0 Å². The average Bonchev–Trinajstić information content (AvgIpc) is 2.75. The number of fused-ring (bicyclic) bond motifs is 1. The van der Waals surface area contributed by atoms with Crippen molar-refractivity contribution in [2.75, 3.05) is 46.5 Å². The molecule has 0 aromatic heterocycles. The molecule has 156 valence electrons. The van der Waals surface area contributed by atoms with Crippen molar-refractivity contribution in [3.05, 3.63) is 46.4 Å². The number of sulfonamides is 1. The van der Waals surface area contributed by atoms with Crippen LogP contribution in [0.1, 0.15) is 5.56 Å². The molecular weight excluding hydrogens is 460 g/mol. The van der Waals surface area contributed by atoms with Crippen LogP contribution in [0.5, 0.6) is 17.2 Å². The third kappa shape index (κ3) is 4.37. The van der Waals surface area contributed by atoms with Crippen LogP contribution in [0.4, 0.5) is 0 Å². The molecule has 2 aliphatic rings. The van der Waals surface area contributed by atoms with Crippen LogP contribution >= 0.6 is 15.9 Å². The first-order valence-electron chi connectivity index (χ1n) is 9.42. The molecule has 2 aliphatic heterocycles. The summed E-state index contributed by atoms with van der Waals surface area (Å²) >= 11 is 3.61. The molecular formula is C20H23BrN2O5S. The lowest BCUT2D eigenvalue weighted by molar-refractivity contribution is 0.168. The van der Waals surface area contributed by atoms with E-state index in [-0.39, 0.29) is 0 Å². The largest absolute Gasteiger partial charge is 0.497 e. The highest BCUT2D eigenvalue weighted by atomic mass is 79.9. The van der Waals surface area contributed by atoms with Crippen LogP contribution in [0, 0.1) is 0 Å². The van der Waals surface area contributed by atoms with Gasteiger partial charge in [-0.25, -0.2) is 8.42 Å². The van der Waals surface area contributed by atoms with Gasteiger partial charge in [0, 0.05) is 37.2 Å². The Morgan fingerprint density at radius 3 is 2.24 bits per heavy atom. The highest BCUT2D eigenvalue weighted by molar-refractivity contribution is 9.10. The van der Waals surface area contributed by atoms with E-state index in [2.05, 4.69) is 20.8 Å². The Kier molecular flexibility index (Phi) is 6.00. The van der Waals surface area contributed by atoms with E-state index < -0.39 is 10.0 Å². The lowest BCUT2D eigenvalue weighted by Gasteiger charge is -2.34. The molecule has 0 N–H and O–H groups in total. The van der Waals surface area contributed by atoms with Crippen molar-refractivity contribution >= 4 is 26.0 Å². The SMILES string of the molecule is COc1ccc(S(=O)(=O)N2CCN(Cc3cc4c(cc3Br)OCCO4)CC2)cc1. The minimum Gasteiger partial charge on any atom is -0.497 e. The zero-order valence-electron chi connectivity index (χ0n) is 16.1. The Morgan fingerprint density at radius 1 is 1.00 bits per heavy atom. The number of hydrogen-bond acceptors (Lipinski definition) is 6. The number of methoxy groups -OCH3 is 1. The summed E-state index contributed by atoms with van der Waals surface area (Å²) in [6.45, 7) is 4.06. The molecule has 0 unspecified atom stereocenters. The maximum Gasteiger partial charge on any atom is 0.243 e. The molecule has 0 bridgehead atoms. The van der Waals surface area contributed by atoms with Gasteiger partial charge in [0.05, 0.1) is 12.0 Å². The van der Waals surface area contributed by atoms with Gasteiger partial charge in [-0.2, -0.15) is 4.31 Å². The second kappa shape index (κ2) is 8.51. The van der Waals surface area contributed by atoms with E-state index in [9.17, 15) is 8.42 Å². The van der Waals surface area contributed by atoms with Crippen LogP contribution < -0.4 is 14.2 Å². The lowest BCUT2D eigenvalue weighted by atomic mass is 10.1. The van der Waals surface area contributed by atoms with E-state index in [0.717, 1.165) is 21.5 Å². The van der Waals surface area contributed by atoms with E-state index in [4.69, 9.17) is 14.2 Å². The molecule has 1 fully saturated rings. The quantitative estimate of drug-likeness (QED) is 0.652.